The zero-order valence-corrected chi connectivity index (χ0v) is 15.9. The highest BCUT2D eigenvalue weighted by molar-refractivity contribution is 6.37. The molecule has 0 bridgehead atoms. The maximum atomic E-state index is 12.6. The summed E-state index contributed by atoms with van der Waals surface area (Å²) in [6, 6.07) is 3.11. The fourth-order valence-corrected chi connectivity index (χ4v) is 3.29. The predicted molar refractivity (Wildman–Crippen MR) is 95.0 cm³/mol. The molecule has 1 aliphatic rings. The van der Waals surface area contributed by atoms with Gasteiger partial charge in [-0.05, 0) is 12.1 Å². The van der Waals surface area contributed by atoms with Crippen molar-refractivity contribution < 1.29 is 14.3 Å². The van der Waals surface area contributed by atoms with Crippen LogP contribution in [-0.4, -0.2) is 54.9 Å². The number of halogens is 2. The Morgan fingerprint density at radius 2 is 1.46 bits per heavy atom. The summed E-state index contributed by atoms with van der Waals surface area (Å²) in [6.07, 6.45) is 0. The van der Waals surface area contributed by atoms with E-state index in [9.17, 15) is 9.59 Å². The van der Waals surface area contributed by atoms with E-state index >= 15 is 0 Å². The molecule has 1 heterocycles. The van der Waals surface area contributed by atoms with Crippen molar-refractivity contribution in [2.45, 2.75) is 20.8 Å². The first-order valence-corrected chi connectivity index (χ1v) is 8.52. The number of amides is 2. The lowest BCUT2D eigenvalue weighted by Gasteiger charge is -2.37. The quantitative estimate of drug-likeness (QED) is 0.799. The SMILES string of the molecule is COc1c(Cl)cc(C(=O)N2CCN(C(=O)C(C)(C)C)CC2)cc1Cl. The second kappa shape index (κ2) is 7.19. The molecule has 5 nitrogen and oxygen atoms in total. The van der Waals surface area contributed by atoms with Crippen molar-refractivity contribution in [3.05, 3.63) is 27.7 Å². The first-order valence-electron chi connectivity index (χ1n) is 7.77. The highest BCUT2D eigenvalue weighted by Gasteiger charge is 2.31. The van der Waals surface area contributed by atoms with E-state index in [2.05, 4.69) is 0 Å². The van der Waals surface area contributed by atoms with Gasteiger partial charge < -0.3 is 14.5 Å². The first-order chi connectivity index (χ1) is 11.1. The second-order valence-corrected chi connectivity index (χ2v) is 7.62. The number of rotatable bonds is 2. The minimum absolute atomic E-state index is 0.102. The lowest BCUT2D eigenvalue weighted by atomic mass is 9.94. The van der Waals surface area contributed by atoms with Crippen molar-refractivity contribution >= 4 is 35.0 Å². The van der Waals surface area contributed by atoms with Crippen LogP contribution in [-0.2, 0) is 4.79 Å². The van der Waals surface area contributed by atoms with Crippen LogP contribution in [0.5, 0.6) is 5.75 Å². The molecule has 2 amide bonds. The fraction of sp³-hybridized carbons (Fsp3) is 0.529. The van der Waals surface area contributed by atoms with Crippen molar-refractivity contribution in [2.24, 2.45) is 5.41 Å². The van der Waals surface area contributed by atoms with Crippen molar-refractivity contribution in [1.82, 2.24) is 9.80 Å². The van der Waals surface area contributed by atoms with Crippen LogP contribution >= 0.6 is 23.2 Å². The van der Waals surface area contributed by atoms with Crippen LogP contribution < -0.4 is 4.74 Å². The van der Waals surface area contributed by atoms with Crippen LogP contribution in [0.25, 0.3) is 0 Å². The molecule has 1 aromatic rings. The van der Waals surface area contributed by atoms with Gasteiger partial charge in [-0.25, -0.2) is 0 Å². The summed E-state index contributed by atoms with van der Waals surface area (Å²) in [5, 5.41) is 0.602. The summed E-state index contributed by atoms with van der Waals surface area (Å²) in [6.45, 7) is 7.72. The Balaban J connectivity index is 2.07. The number of benzene rings is 1. The Morgan fingerprint density at radius 3 is 1.88 bits per heavy atom. The smallest absolute Gasteiger partial charge is 0.254 e. The molecule has 0 aromatic heterocycles. The molecule has 1 saturated heterocycles. The van der Waals surface area contributed by atoms with Crippen LogP contribution in [0.4, 0.5) is 0 Å². The van der Waals surface area contributed by atoms with E-state index < -0.39 is 5.41 Å². The summed E-state index contributed by atoms with van der Waals surface area (Å²) >= 11 is 12.2. The number of piperazine rings is 1. The van der Waals surface area contributed by atoms with Gasteiger partial charge >= 0.3 is 0 Å². The normalized spacial score (nSPS) is 15.4. The minimum Gasteiger partial charge on any atom is -0.494 e. The van der Waals surface area contributed by atoms with Crippen molar-refractivity contribution in [3.8, 4) is 5.75 Å². The van der Waals surface area contributed by atoms with Gasteiger partial charge in [0.05, 0.1) is 17.2 Å². The summed E-state index contributed by atoms with van der Waals surface area (Å²) in [5.41, 5.74) is 0.00448. The van der Waals surface area contributed by atoms with Gasteiger partial charge in [0.2, 0.25) is 5.91 Å². The van der Waals surface area contributed by atoms with E-state index in [0.717, 1.165) is 0 Å². The van der Waals surface area contributed by atoms with Crippen LogP contribution in [0.2, 0.25) is 10.0 Å². The molecule has 0 atom stereocenters. The third-order valence-electron chi connectivity index (χ3n) is 3.95. The molecule has 132 valence electrons. The molecule has 0 N–H and O–H groups in total. The van der Waals surface area contributed by atoms with Gasteiger partial charge in [-0.1, -0.05) is 44.0 Å². The lowest BCUT2D eigenvalue weighted by molar-refractivity contribution is -0.140. The molecule has 0 spiro atoms. The van der Waals surface area contributed by atoms with E-state index in [0.29, 0.717) is 47.5 Å². The highest BCUT2D eigenvalue weighted by Crippen LogP contribution is 2.34. The van der Waals surface area contributed by atoms with Crippen molar-refractivity contribution in [3.63, 3.8) is 0 Å². The number of carbonyl (C=O) groups is 2. The topological polar surface area (TPSA) is 49.9 Å². The Hall–Kier alpha value is -1.46. The van der Waals surface area contributed by atoms with E-state index in [4.69, 9.17) is 27.9 Å². The summed E-state index contributed by atoms with van der Waals surface area (Å²) in [5.74, 6) is 0.310. The molecule has 0 radical (unpaired) electrons. The van der Waals surface area contributed by atoms with Crippen LogP contribution in [0.1, 0.15) is 31.1 Å². The Morgan fingerprint density at radius 1 is 1.00 bits per heavy atom. The largest absolute Gasteiger partial charge is 0.494 e. The summed E-state index contributed by atoms with van der Waals surface area (Å²) in [7, 11) is 1.47. The molecule has 0 unspecified atom stereocenters. The van der Waals surface area contributed by atoms with Crippen LogP contribution in [0, 0.1) is 5.41 Å². The Kier molecular flexibility index (Phi) is 5.66. The van der Waals surface area contributed by atoms with Gasteiger partial charge in [0.1, 0.15) is 0 Å². The molecule has 1 fully saturated rings. The van der Waals surface area contributed by atoms with Crippen molar-refractivity contribution in [1.29, 1.82) is 0 Å². The maximum absolute atomic E-state index is 12.6. The molecular weight excluding hydrogens is 351 g/mol. The molecule has 7 heteroatoms. The van der Waals surface area contributed by atoms with E-state index in [1.165, 1.54) is 7.11 Å². The van der Waals surface area contributed by atoms with E-state index in [1.807, 2.05) is 20.8 Å². The van der Waals surface area contributed by atoms with E-state index in [1.54, 1.807) is 21.9 Å². The molecule has 1 aromatic carbocycles. The zero-order valence-electron chi connectivity index (χ0n) is 14.4. The van der Waals surface area contributed by atoms with Gasteiger partial charge in [0.25, 0.3) is 5.91 Å². The molecule has 24 heavy (non-hydrogen) atoms. The fourth-order valence-electron chi connectivity index (χ4n) is 2.65. The predicted octanol–water partition coefficient (Wildman–Crippen LogP) is 3.33. The zero-order chi connectivity index (χ0) is 18.1. The van der Waals surface area contributed by atoms with Gasteiger partial charge in [-0.2, -0.15) is 0 Å². The van der Waals surface area contributed by atoms with Gasteiger partial charge in [0.15, 0.2) is 5.75 Å². The Labute approximate surface area is 152 Å². The average Bonchev–Trinajstić information content (AvgIpc) is 2.52. The highest BCUT2D eigenvalue weighted by atomic mass is 35.5. The number of ether oxygens (including phenoxy) is 1. The third-order valence-corrected chi connectivity index (χ3v) is 4.51. The molecule has 0 saturated carbocycles. The molecule has 0 aliphatic carbocycles. The molecule has 1 aliphatic heterocycles. The summed E-state index contributed by atoms with van der Waals surface area (Å²) in [4.78, 5) is 28.5. The first kappa shape index (κ1) is 18.9. The van der Waals surface area contributed by atoms with Gasteiger partial charge in [-0.3, -0.25) is 9.59 Å². The number of nitrogens with zero attached hydrogens (tertiary/aromatic N) is 2. The standard InChI is InChI=1S/C17H22Cl2N2O3/c1-17(2,3)16(23)21-7-5-20(6-8-21)15(22)11-9-12(18)14(24-4)13(19)10-11/h9-10H,5-8H2,1-4H3. The minimum atomic E-state index is -0.413. The second-order valence-electron chi connectivity index (χ2n) is 6.81. The monoisotopic (exact) mass is 372 g/mol. The average molecular weight is 373 g/mol. The lowest BCUT2D eigenvalue weighted by Crippen LogP contribution is -2.53. The third kappa shape index (κ3) is 3.95. The number of hydrogen-bond acceptors (Lipinski definition) is 3. The van der Waals surface area contributed by atoms with Crippen LogP contribution in [0.15, 0.2) is 12.1 Å². The van der Waals surface area contributed by atoms with Crippen LogP contribution in [0.3, 0.4) is 0 Å². The summed E-state index contributed by atoms with van der Waals surface area (Å²) < 4.78 is 5.10. The van der Waals surface area contributed by atoms with E-state index in [-0.39, 0.29) is 11.8 Å². The number of methoxy groups -OCH3 is 1. The Bertz CT molecular complexity index is 625. The maximum Gasteiger partial charge on any atom is 0.254 e. The van der Waals surface area contributed by atoms with Gasteiger partial charge in [0, 0.05) is 37.2 Å². The number of carbonyl (C=O) groups excluding carboxylic acids is 2. The van der Waals surface area contributed by atoms with Gasteiger partial charge in [-0.15, -0.1) is 0 Å². The number of hydrogen-bond donors (Lipinski definition) is 0. The molecule has 2 rings (SSSR count). The van der Waals surface area contributed by atoms with Crippen molar-refractivity contribution in [2.75, 3.05) is 33.3 Å². The molecular formula is C17H22Cl2N2O3.